The minimum atomic E-state index is -0.263. The van der Waals surface area contributed by atoms with Gasteiger partial charge in [0.25, 0.3) is 11.8 Å². The van der Waals surface area contributed by atoms with Gasteiger partial charge < -0.3 is 15.4 Å². The Hall–Kier alpha value is -2.89. The van der Waals surface area contributed by atoms with E-state index in [1.165, 1.54) is 6.20 Å². The van der Waals surface area contributed by atoms with E-state index in [1.54, 1.807) is 36.5 Å². The number of amides is 2. The van der Waals surface area contributed by atoms with Gasteiger partial charge in [-0.25, -0.2) is 0 Å². The van der Waals surface area contributed by atoms with Gasteiger partial charge in [-0.1, -0.05) is 0 Å². The van der Waals surface area contributed by atoms with E-state index in [-0.39, 0.29) is 18.4 Å². The van der Waals surface area contributed by atoms with E-state index in [9.17, 15) is 9.59 Å². The Balaban J connectivity index is 1.80. The molecule has 2 amide bonds. The Morgan fingerprint density at radius 1 is 1.35 bits per heavy atom. The Kier molecular flexibility index (Phi) is 3.04. The molecule has 3 rings (SSSR count). The van der Waals surface area contributed by atoms with Gasteiger partial charge in [-0.3, -0.25) is 14.6 Å². The van der Waals surface area contributed by atoms with Crippen LogP contribution in [0.5, 0.6) is 5.75 Å². The average molecular weight is 269 g/mol. The highest BCUT2D eigenvalue weighted by Crippen LogP contribution is 2.30. The molecular formula is C14H11N3O3. The standard InChI is InChI=1S/C14H11N3O3/c18-13-8-20-12-4-3-10(6-11(12)17-13)16-14(19)9-2-1-5-15-7-9/h1-7H,8H2,(H,16,19)(H,17,18). The molecule has 6 nitrogen and oxygen atoms in total. The lowest BCUT2D eigenvalue weighted by atomic mass is 10.2. The third-order valence-corrected chi connectivity index (χ3v) is 2.79. The van der Waals surface area contributed by atoms with Crippen LogP contribution in [0.1, 0.15) is 10.4 Å². The van der Waals surface area contributed by atoms with Crippen LogP contribution in [0.25, 0.3) is 0 Å². The summed E-state index contributed by atoms with van der Waals surface area (Å²) < 4.78 is 5.25. The van der Waals surface area contributed by atoms with Gasteiger partial charge in [-0.05, 0) is 30.3 Å². The molecule has 0 saturated carbocycles. The van der Waals surface area contributed by atoms with E-state index < -0.39 is 0 Å². The van der Waals surface area contributed by atoms with Gasteiger partial charge in [0.15, 0.2) is 6.61 Å². The van der Waals surface area contributed by atoms with E-state index in [2.05, 4.69) is 15.6 Å². The molecule has 0 spiro atoms. The predicted octanol–water partition coefficient (Wildman–Crippen LogP) is 1.66. The van der Waals surface area contributed by atoms with Crippen LogP contribution in [0.2, 0.25) is 0 Å². The predicted molar refractivity (Wildman–Crippen MR) is 72.8 cm³/mol. The van der Waals surface area contributed by atoms with E-state index >= 15 is 0 Å². The molecule has 1 aliphatic heterocycles. The molecule has 2 aromatic rings. The second-order valence-corrected chi connectivity index (χ2v) is 4.24. The Morgan fingerprint density at radius 3 is 3.05 bits per heavy atom. The molecule has 1 aromatic heterocycles. The fourth-order valence-electron chi connectivity index (χ4n) is 1.86. The zero-order chi connectivity index (χ0) is 13.9. The maximum Gasteiger partial charge on any atom is 0.262 e. The van der Waals surface area contributed by atoms with Crippen molar-refractivity contribution in [3.05, 3.63) is 48.3 Å². The van der Waals surface area contributed by atoms with Crippen LogP contribution in [-0.2, 0) is 4.79 Å². The first-order valence-electron chi connectivity index (χ1n) is 6.00. The summed E-state index contributed by atoms with van der Waals surface area (Å²) in [6.45, 7) is 0.00832. The molecule has 6 heteroatoms. The van der Waals surface area contributed by atoms with Gasteiger partial charge in [-0.2, -0.15) is 0 Å². The smallest absolute Gasteiger partial charge is 0.262 e. The molecule has 0 unspecified atom stereocenters. The van der Waals surface area contributed by atoms with Crippen molar-refractivity contribution in [2.45, 2.75) is 0 Å². The van der Waals surface area contributed by atoms with E-state index in [0.717, 1.165) is 0 Å². The first kappa shape index (κ1) is 12.2. The molecule has 2 N–H and O–H groups in total. The van der Waals surface area contributed by atoms with Crippen LogP contribution >= 0.6 is 0 Å². The van der Waals surface area contributed by atoms with Gasteiger partial charge in [0.1, 0.15) is 5.75 Å². The maximum absolute atomic E-state index is 12.0. The average Bonchev–Trinajstić information content (AvgIpc) is 2.47. The number of rotatable bonds is 2. The minimum Gasteiger partial charge on any atom is -0.482 e. The number of hydrogen-bond acceptors (Lipinski definition) is 4. The second-order valence-electron chi connectivity index (χ2n) is 4.24. The molecule has 0 fully saturated rings. The maximum atomic E-state index is 12.0. The monoisotopic (exact) mass is 269 g/mol. The van der Waals surface area contributed by atoms with Crippen molar-refractivity contribution in [2.24, 2.45) is 0 Å². The molecule has 20 heavy (non-hydrogen) atoms. The van der Waals surface area contributed by atoms with Gasteiger partial charge in [0.2, 0.25) is 0 Å². The fourth-order valence-corrected chi connectivity index (χ4v) is 1.86. The highest BCUT2D eigenvalue weighted by molar-refractivity contribution is 6.05. The lowest BCUT2D eigenvalue weighted by Gasteiger charge is -2.18. The van der Waals surface area contributed by atoms with Crippen LogP contribution in [0.3, 0.4) is 0 Å². The number of carbonyl (C=O) groups is 2. The molecule has 100 valence electrons. The third kappa shape index (κ3) is 2.44. The number of aromatic nitrogens is 1. The van der Waals surface area contributed by atoms with E-state index in [4.69, 9.17) is 4.74 Å². The lowest BCUT2D eigenvalue weighted by molar-refractivity contribution is -0.118. The van der Waals surface area contributed by atoms with Crippen LogP contribution in [0.4, 0.5) is 11.4 Å². The van der Waals surface area contributed by atoms with Crippen LogP contribution < -0.4 is 15.4 Å². The number of fused-ring (bicyclic) bond motifs is 1. The zero-order valence-corrected chi connectivity index (χ0v) is 10.4. The SMILES string of the molecule is O=C1COc2ccc(NC(=O)c3cccnc3)cc2N1. The first-order valence-corrected chi connectivity index (χ1v) is 6.00. The fraction of sp³-hybridized carbons (Fsp3) is 0.0714. The van der Waals surface area contributed by atoms with E-state index in [0.29, 0.717) is 22.7 Å². The summed E-state index contributed by atoms with van der Waals surface area (Å²) in [4.78, 5) is 27.1. The van der Waals surface area contributed by atoms with Crippen molar-refractivity contribution in [3.63, 3.8) is 0 Å². The topological polar surface area (TPSA) is 80.3 Å². The van der Waals surface area contributed by atoms with Crippen LogP contribution in [0.15, 0.2) is 42.7 Å². The van der Waals surface area contributed by atoms with Crippen molar-refractivity contribution in [1.82, 2.24) is 4.98 Å². The number of ether oxygens (including phenoxy) is 1. The van der Waals surface area contributed by atoms with Gasteiger partial charge in [-0.15, -0.1) is 0 Å². The van der Waals surface area contributed by atoms with Crippen molar-refractivity contribution in [2.75, 3.05) is 17.2 Å². The number of benzene rings is 1. The third-order valence-electron chi connectivity index (χ3n) is 2.79. The minimum absolute atomic E-state index is 0.00832. The molecule has 0 saturated heterocycles. The Bertz CT molecular complexity index is 671. The molecule has 0 atom stereocenters. The Labute approximate surface area is 114 Å². The van der Waals surface area contributed by atoms with E-state index in [1.807, 2.05) is 0 Å². The van der Waals surface area contributed by atoms with Gasteiger partial charge >= 0.3 is 0 Å². The van der Waals surface area contributed by atoms with Crippen molar-refractivity contribution < 1.29 is 14.3 Å². The molecule has 1 aliphatic rings. The number of anilines is 2. The van der Waals surface area contributed by atoms with Gasteiger partial charge in [0, 0.05) is 18.1 Å². The van der Waals surface area contributed by atoms with Crippen LogP contribution in [0, 0.1) is 0 Å². The largest absolute Gasteiger partial charge is 0.482 e. The molecule has 0 aliphatic carbocycles. The molecule has 2 heterocycles. The highest BCUT2D eigenvalue weighted by Gasteiger charge is 2.16. The lowest BCUT2D eigenvalue weighted by Crippen LogP contribution is -2.25. The number of carbonyl (C=O) groups excluding carboxylic acids is 2. The summed E-state index contributed by atoms with van der Waals surface area (Å²) in [5.41, 5.74) is 1.58. The zero-order valence-electron chi connectivity index (χ0n) is 10.4. The molecule has 0 bridgehead atoms. The Morgan fingerprint density at radius 2 is 2.25 bits per heavy atom. The summed E-state index contributed by atoms with van der Waals surface area (Å²) in [6.07, 6.45) is 3.08. The van der Waals surface area contributed by atoms with Gasteiger partial charge in [0.05, 0.1) is 11.3 Å². The highest BCUT2D eigenvalue weighted by atomic mass is 16.5. The molecule has 0 radical (unpaired) electrons. The van der Waals surface area contributed by atoms with Crippen LogP contribution in [-0.4, -0.2) is 23.4 Å². The number of nitrogens with one attached hydrogen (secondary N) is 2. The van der Waals surface area contributed by atoms with Crippen molar-refractivity contribution >= 4 is 23.2 Å². The number of nitrogens with zero attached hydrogens (tertiary/aromatic N) is 1. The van der Waals surface area contributed by atoms with Crippen molar-refractivity contribution in [3.8, 4) is 5.75 Å². The first-order chi connectivity index (χ1) is 9.72. The molecule has 1 aromatic carbocycles. The normalized spacial score (nSPS) is 12.9. The quantitative estimate of drug-likeness (QED) is 0.869. The second kappa shape index (κ2) is 5.00. The number of hydrogen-bond donors (Lipinski definition) is 2. The summed E-state index contributed by atoms with van der Waals surface area (Å²) >= 11 is 0. The summed E-state index contributed by atoms with van der Waals surface area (Å²) in [5.74, 6) is 0.110. The summed E-state index contributed by atoms with van der Waals surface area (Å²) in [5, 5.41) is 5.42. The van der Waals surface area contributed by atoms with Crippen molar-refractivity contribution in [1.29, 1.82) is 0 Å². The molecular weight excluding hydrogens is 258 g/mol. The number of pyridine rings is 1. The summed E-state index contributed by atoms with van der Waals surface area (Å²) in [7, 11) is 0. The summed E-state index contributed by atoms with van der Waals surface area (Å²) in [6, 6.07) is 8.43.